The number of halogens is 2. The number of hydrogen-bond donors (Lipinski definition) is 0. The molecule has 2 nitrogen and oxygen atoms in total. The van der Waals surface area contributed by atoms with Crippen LogP contribution in [0.1, 0.15) is 41.5 Å². The zero-order valence-corrected chi connectivity index (χ0v) is 15.8. The molecule has 0 saturated carbocycles. The Hall–Kier alpha value is 1.10. The summed E-state index contributed by atoms with van der Waals surface area (Å²) >= 11 is 4.65. The fourth-order valence-electron chi connectivity index (χ4n) is 0. The molecule has 0 rings (SSSR count). The molecule has 92 valence electrons. The van der Waals surface area contributed by atoms with Crippen molar-refractivity contribution in [1.82, 2.24) is 0 Å². The van der Waals surface area contributed by atoms with Crippen LogP contribution in [0.15, 0.2) is 0 Å². The third kappa shape index (κ3) is 51.4. The van der Waals surface area contributed by atoms with Crippen LogP contribution in [0.25, 0.3) is 9.69 Å². The van der Waals surface area contributed by atoms with Crippen molar-refractivity contribution in [1.29, 1.82) is 0 Å². The average molecular weight is 526 g/mol. The predicted octanol–water partition coefficient (Wildman–Crippen LogP) is 5.18. The molecule has 0 aliphatic heterocycles. The van der Waals surface area contributed by atoms with Crippen LogP contribution in [0, 0.1) is 13.1 Å². The molecular formula is C10H18I2N2Pd. The predicted molar refractivity (Wildman–Crippen MR) is 80.8 cm³/mol. The fourth-order valence-corrected chi connectivity index (χ4v) is 0. The van der Waals surface area contributed by atoms with Crippen LogP contribution in [-0.2, 0) is 10.8 Å². The Morgan fingerprint density at radius 1 is 0.800 bits per heavy atom. The molecule has 5 heteroatoms. The van der Waals surface area contributed by atoms with Crippen molar-refractivity contribution in [3.05, 3.63) is 22.8 Å². The van der Waals surface area contributed by atoms with Gasteiger partial charge in [0.1, 0.15) is 0 Å². The topological polar surface area (TPSA) is 8.72 Å². The zero-order chi connectivity index (χ0) is 13.1. The summed E-state index contributed by atoms with van der Waals surface area (Å²) in [5.41, 5.74) is -0.333. The molecule has 0 N–H and O–H groups in total. The summed E-state index contributed by atoms with van der Waals surface area (Å²) in [4.78, 5) is 6.54. The van der Waals surface area contributed by atoms with Crippen molar-refractivity contribution >= 4 is 39.0 Å². The van der Waals surface area contributed by atoms with Gasteiger partial charge in [0.2, 0.25) is 11.1 Å². The van der Waals surface area contributed by atoms with E-state index in [0.29, 0.717) is 0 Å². The monoisotopic (exact) mass is 526 g/mol. The molecule has 0 saturated heterocycles. The molecule has 0 aromatic heterocycles. The van der Waals surface area contributed by atoms with Crippen LogP contribution < -0.4 is 0 Å². The van der Waals surface area contributed by atoms with Gasteiger partial charge in [-0.25, -0.2) is 13.1 Å². The molecule has 0 fully saturated rings. The third-order valence-electron chi connectivity index (χ3n) is 0.671. The van der Waals surface area contributed by atoms with Crippen molar-refractivity contribution < 1.29 is 10.8 Å². The summed E-state index contributed by atoms with van der Waals surface area (Å²) in [5.74, 6) is 0. The molecule has 0 radical (unpaired) electrons. The molecule has 0 atom stereocenters. The Labute approximate surface area is 124 Å². The van der Waals surface area contributed by atoms with E-state index in [1.54, 1.807) is 0 Å². The quantitative estimate of drug-likeness (QED) is 0.234. The normalized spacial score (nSPS) is 9.73. The summed E-state index contributed by atoms with van der Waals surface area (Å²) in [6, 6.07) is 0. The maximum atomic E-state index is 6.48. The van der Waals surface area contributed by atoms with Crippen molar-refractivity contribution in [3.8, 4) is 0 Å². The third-order valence-corrected chi connectivity index (χ3v) is 0.671. The average Bonchev–Trinajstić information content (AvgIpc) is 2.04. The van der Waals surface area contributed by atoms with Crippen LogP contribution in [0.3, 0.4) is 0 Å². The zero-order valence-electron chi connectivity index (χ0n) is 9.97. The minimum atomic E-state index is -0.167. The van der Waals surface area contributed by atoms with Gasteiger partial charge in [-0.3, -0.25) is 0 Å². The first kappa shape index (κ1) is 21.4. The van der Waals surface area contributed by atoms with Crippen LogP contribution in [0.2, 0.25) is 0 Å². The van der Waals surface area contributed by atoms with Crippen LogP contribution in [0.5, 0.6) is 0 Å². The van der Waals surface area contributed by atoms with E-state index in [1.165, 1.54) is 0 Å². The molecule has 0 heterocycles. The molecule has 0 bridgehead atoms. The minimum absolute atomic E-state index is 0.167. The molecule has 0 unspecified atom stereocenters. The summed E-state index contributed by atoms with van der Waals surface area (Å²) in [6.07, 6.45) is 0. The first-order chi connectivity index (χ1) is 6.54. The van der Waals surface area contributed by atoms with E-state index in [4.69, 9.17) is 13.1 Å². The molecule has 0 aromatic rings. The summed E-state index contributed by atoms with van der Waals surface area (Å²) in [5, 5.41) is 0. The molecule has 0 aliphatic rings. The van der Waals surface area contributed by atoms with Gasteiger partial charge >= 0.3 is 49.8 Å². The van der Waals surface area contributed by atoms with Gasteiger partial charge in [-0.1, -0.05) is 0 Å². The standard InChI is InChI=1S/2C5H9N.2HI.Pd/c2*1-5(2,3)6-4;;;/h2*1-3H3;2*1H;/q;;;;+2/p-2. The summed E-state index contributed by atoms with van der Waals surface area (Å²) in [6.45, 7) is 24.3. The van der Waals surface area contributed by atoms with Crippen molar-refractivity contribution in [2.75, 3.05) is 0 Å². The SMILES string of the molecule is [C-]#[N+]C(C)(C)C.[C-]#[N+]C(C)(C)C.[I][Pd][I]. The second kappa shape index (κ2) is 11.6. The Kier molecular flexibility index (Phi) is 16.5. The van der Waals surface area contributed by atoms with Crippen molar-refractivity contribution in [3.63, 3.8) is 0 Å². The van der Waals surface area contributed by atoms with Gasteiger partial charge in [0.25, 0.3) is 0 Å². The van der Waals surface area contributed by atoms with Crippen molar-refractivity contribution in [2.45, 2.75) is 52.6 Å². The number of nitrogens with zero attached hydrogens (tertiary/aromatic N) is 2. The molecule has 0 amide bonds. The molecular weight excluding hydrogens is 508 g/mol. The van der Waals surface area contributed by atoms with E-state index in [1.807, 2.05) is 41.5 Å². The maximum absolute atomic E-state index is 6.48. The van der Waals surface area contributed by atoms with E-state index in [0.717, 1.165) is 10.8 Å². The van der Waals surface area contributed by atoms with Crippen LogP contribution >= 0.6 is 39.0 Å². The first-order valence-corrected chi connectivity index (χ1v) is 13.4. The van der Waals surface area contributed by atoms with Gasteiger partial charge in [0.15, 0.2) is 0 Å². The summed E-state index contributed by atoms with van der Waals surface area (Å²) < 4.78 is 0. The second-order valence-corrected chi connectivity index (χ2v) is 16.6. The van der Waals surface area contributed by atoms with E-state index >= 15 is 0 Å². The Bertz CT molecular complexity index is 192. The second-order valence-electron chi connectivity index (χ2n) is 4.61. The first-order valence-electron chi connectivity index (χ1n) is 4.13. The van der Waals surface area contributed by atoms with E-state index in [9.17, 15) is 0 Å². The molecule has 0 aliphatic carbocycles. The Morgan fingerprint density at radius 2 is 0.867 bits per heavy atom. The Balaban J connectivity index is -0.000000153. The van der Waals surface area contributed by atoms with Gasteiger partial charge in [-0.05, 0) is 0 Å². The Morgan fingerprint density at radius 3 is 0.867 bits per heavy atom. The van der Waals surface area contributed by atoms with Crippen molar-refractivity contribution in [2.24, 2.45) is 0 Å². The number of hydrogen-bond acceptors (Lipinski definition) is 0. The van der Waals surface area contributed by atoms with E-state index < -0.39 is 0 Å². The van der Waals surface area contributed by atoms with E-state index in [-0.39, 0.29) is 11.1 Å². The van der Waals surface area contributed by atoms with Crippen LogP contribution in [-0.4, -0.2) is 11.1 Å². The fraction of sp³-hybridized carbons (Fsp3) is 0.800. The van der Waals surface area contributed by atoms with Gasteiger partial charge in [-0.15, -0.1) is 0 Å². The molecule has 0 spiro atoms. The van der Waals surface area contributed by atoms with Crippen LogP contribution in [0.4, 0.5) is 0 Å². The van der Waals surface area contributed by atoms with E-state index in [2.05, 4.69) is 48.7 Å². The van der Waals surface area contributed by atoms with Gasteiger partial charge in [0, 0.05) is 41.5 Å². The van der Waals surface area contributed by atoms with Gasteiger partial charge in [0.05, 0.1) is 0 Å². The molecule has 0 aromatic carbocycles. The summed E-state index contributed by atoms with van der Waals surface area (Å²) in [7, 11) is 0.890. The molecule has 15 heavy (non-hydrogen) atoms. The number of rotatable bonds is 0. The van der Waals surface area contributed by atoms with Gasteiger partial charge < -0.3 is 9.69 Å². The van der Waals surface area contributed by atoms with Gasteiger partial charge in [-0.2, -0.15) is 0 Å².